The van der Waals surface area contributed by atoms with E-state index in [0.717, 1.165) is 10.7 Å². The normalized spacial score (nSPS) is 11.2. The molecule has 0 N–H and O–H groups in total. The summed E-state index contributed by atoms with van der Waals surface area (Å²) >= 11 is 0. The lowest BCUT2D eigenvalue weighted by atomic mass is 10.3. The molecule has 1 radical (unpaired) electrons. The summed E-state index contributed by atoms with van der Waals surface area (Å²) in [7, 11) is -2.07. The molecule has 0 amide bonds. The van der Waals surface area contributed by atoms with Gasteiger partial charge in [0.1, 0.15) is 0 Å². The molecule has 1 aromatic rings. The number of sulfonamides is 1. The van der Waals surface area contributed by atoms with Crippen LogP contribution < -0.4 is 4.47 Å². The molecule has 0 unspecified atom stereocenters. The molecule has 13 heavy (non-hydrogen) atoms. The summed E-state index contributed by atoms with van der Waals surface area (Å²) in [6, 6.07) is 9.22. The van der Waals surface area contributed by atoms with Crippen molar-refractivity contribution in [2.45, 2.75) is 0 Å². The van der Waals surface area contributed by atoms with E-state index in [0.29, 0.717) is 5.69 Å². The molecule has 0 aliphatic rings. The Kier molecular flexibility index (Phi) is 2.90. The Bertz CT molecular complexity index is 360. The van der Waals surface area contributed by atoms with Crippen molar-refractivity contribution in [2.75, 3.05) is 17.8 Å². The van der Waals surface area contributed by atoms with Crippen LogP contribution in [0.5, 0.6) is 0 Å². The van der Waals surface area contributed by atoms with Crippen molar-refractivity contribution in [3.63, 3.8) is 0 Å². The highest BCUT2D eigenvalue weighted by atomic mass is 32.2. The molecular formula is C8H10NO3S. The zero-order chi connectivity index (χ0) is 9.90. The first-order valence-electron chi connectivity index (χ1n) is 3.56. The summed E-state index contributed by atoms with van der Waals surface area (Å²) in [5.41, 5.74) is 0.462. The van der Waals surface area contributed by atoms with Gasteiger partial charge in [0.15, 0.2) is 0 Å². The lowest BCUT2D eigenvalue weighted by Gasteiger charge is -2.18. The van der Waals surface area contributed by atoms with Gasteiger partial charge in [0.2, 0.25) is 0 Å². The van der Waals surface area contributed by atoms with Gasteiger partial charge in [-0.3, -0.25) is 4.84 Å². The van der Waals surface area contributed by atoms with E-state index in [4.69, 9.17) is 4.84 Å². The highest BCUT2D eigenvalue weighted by Gasteiger charge is 2.15. The first-order chi connectivity index (χ1) is 6.05. The van der Waals surface area contributed by atoms with E-state index in [2.05, 4.69) is 6.07 Å². The van der Waals surface area contributed by atoms with Crippen LogP contribution in [0.4, 0.5) is 5.69 Å². The predicted molar refractivity (Wildman–Crippen MR) is 49.6 cm³/mol. The fraction of sp³-hybridized carbons (Fsp3) is 0.250. The summed E-state index contributed by atoms with van der Waals surface area (Å²) < 4.78 is 23.2. The second-order valence-electron chi connectivity index (χ2n) is 2.43. The minimum atomic E-state index is -3.37. The van der Waals surface area contributed by atoms with Gasteiger partial charge in [0.05, 0.1) is 19.1 Å². The topological polar surface area (TPSA) is 46.6 Å². The molecule has 1 aromatic carbocycles. The van der Waals surface area contributed by atoms with Crippen LogP contribution in [-0.4, -0.2) is 21.8 Å². The molecule has 4 nitrogen and oxygen atoms in total. The summed E-state index contributed by atoms with van der Waals surface area (Å²) in [6.45, 7) is 0. The molecule has 5 heteroatoms. The highest BCUT2D eigenvalue weighted by Crippen LogP contribution is 2.15. The van der Waals surface area contributed by atoms with E-state index in [1.165, 1.54) is 7.11 Å². The van der Waals surface area contributed by atoms with Crippen molar-refractivity contribution in [1.82, 2.24) is 0 Å². The molecule has 71 valence electrons. The molecule has 0 aliphatic carbocycles. The number of rotatable bonds is 3. The van der Waals surface area contributed by atoms with Gasteiger partial charge in [0, 0.05) is 0 Å². The van der Waals surface area contributed by atoms with Crippen LogP contribution in [0.15, 0.2) is 24.3 Å². The Labute approximate surface area is 77.7 Å². The lowest BCUT2D eigenvalue weighted by Crippen LogP contribution is -2.28. The van der Waals surface area contributed by atoms with E-state index >= 15 is 0 Å². The maximum absolute atomic E-state index is 11.2. The predicted octanol–water partition coefficient (Wildman–Crippen LogP) is 0.814. The van der Waals surface area contributed by atoms with Gasteiger partial charge in [-0.05, 0) is 18.2 Å². The van der Waals surface area contributed by atoms with Gasteiger partial charge in [0.25, 0.3) is 10.0 Å². The first-order valence-corrected chi connectivity index (χ1v) is 5.41. The summed E-state index contributed by atoms with van der Waals surface area (Å²) in [5, 5.41) is 0. The van der Waals surface area contributed by atoms with Gasteiger partial charge >= 0.3 is 0 Å². The van der Waals surface area contributed by atoms with E-state index in [1.807, 2.05) is 0 Å². The Morgan fingerprint density at radius 2 is 1.92 bits per heavy atom. The number of hydrogen-bond acceptors (Lipinski definition) is 3. The molecule has 1 rings (SSSR count). The van der Waals surface area contributed by atoms with Crippen LogP contribution in [0.25, 0.3) is 0 Å². The van der Waals surface area contributed by atoms with E-state index < -0.39 is 10.0 Å². The van der Waals surface area contributed by atoms with Gasteiger partial charge in [-0.15, -0.1) is 4.47 Å². The third-order valence-electron chi connectivity index (χ3n) is 1.38. The van der Waals surface area contributed by atoms with Gasteiger partial charge < -0.3 is 0 Å². The third-order valence-corrected chi connectivity index (χ3v) is 2.34. The molecule has 0 aliphatic heterocycles. The van der Waals surface area contributed by atoms with Crippen LogP contribution in [-0.2, 0) is 14.9 Å². The molecule has 0 aromatic heterocycles. The fourth-order valence-electron chi connectivity index (χ4n) is 0.932. The Hall–Kier alpha value is -1.07. The number of benzene rings is 1. The van der Waals surface area contributed by atoms with Crippen molar-refractivity contribution in [3.05, 3.63) is 30.3 Å². The van der Waals surface area contributed by atoms with E-state index in [9.17, 15) is 8.42 Å². The highest BCUT2D eigenvalue weighted by molar-refractivity contribution is 7.91. The zero-order valence-corrected chi connectivity index (χ0v) is 8.21. The first kappa shape index (κ1) is 10.0. The lowest BCUT2D eigenvalue weighted by molar-refractivity contribution is 0.217. The average molecular weight is 200 g/mol. The fourth-order valence-corrected chi connectivity index (χ4v) is 1.71. The van der Waals surface area contributed by atoms with Crippen LogP contribution in [0.3, 0.4) is 0 Å². The molecule has 0 heterocycles. The summed E-state index contributed by atoms with van der Waals surface area (Å²) in [5.74, 6) is 0. The van der Waals surface area contributed by atoms with Gasteiger partial charge in [-0.25, -0.2) is 8.42 Å². The molecule has 0 saturated carbocycles. The van der Waals surface area contributed by atoms with Crippen molar-refractivity contribution < 1.29 is 13.3 Å². The van der Waals surface area contributed by atoms with Crippen LogP contribution in [0.1, 0.15) is 0 Å². The Morgan fingerprint density at radius 1 is 1.38 bits per heavy atom. The van der Waals surface area contributed by atoms with Crippen molar-refractivity contribution in [3.8, 4) is 0 Å². The second-order valence-corrected chi connectivity index (χ2v) is 4.23. The van der Waals surface area contributed by atoms with Gasteiger partial charge in [-0.1, -0.05) is 12.1 Å². The standard InChI is InChI=1S/C8H10NO3S/c1-12-9(13(2,10)11)8-6-4-3-5-7-8/h4-7H,1-2H3. The Balaban J connectivity index is 3.06. The van der Waals surface area contributed by atoms with Crippen molar-refractivity contribution >= 4 is 15.7 Å². The third kappa shape index (κ3) is 2.43. The average Bonchev–Trinajstić information content (AvgIpc) is 2.05. The quantitative estimate of drug-likeness (QED) is 0.678. The minimum absolute atomic E-state index is 0.462. The molecule has 0 saturated heterocycles. The van der Waals surface area contributed by atoms with Crippen LogP contribution >= 0.6 is 0 Å². The second kappa shape index (κ2) is 3.76. The molecule has 0 fully saturated rings. The maximum Gasteiger partial charge on any atom is 0.254 e. The summed E-state index contributed by atoms with van der Waals surface area (Å²) in [4.78, 5) is 4.73. The molecule has 0 spiro atoms. The monoisotopic (exact) mass is 200 g/mol. The van der Waals surface area contributed by atoms with Crippen LogP contribution in [0.2, 0.25) is 0 Å². The van der Waals surface area contributed by atoms with Crippen molar-refractivity contribution in [1.29, 1.82) is 0 Å². The molecule has 0 atom stereocenters. The smallest absolute Gasteiger partial charge is 0.254 e. The Morgan fingerprint density at radius 3 is 2.31 bits per heavy atom. The number of hydrogen-bond donors (Lipinski definition) is 0. The number of anilines is 1. The number of nitrogens with zero attached hydrogens (tertiary/aromatic N) is 1. The largest absolute Gasteiger partial charge is 0.262 e. The van der Waals surface area contributed by atoms with Crippen LogP contribution in [0, 0.1) is 6.07 Å². The summed E-state index contributed by atoms with van der Waals surface area (Å²) in [6.07, 6.45) is 1.08. The van der Waals surface area contributed by atoms with E-state index in [1.54, 1.807) is 24.3 Å². The van der Waals surface area contributed by atoms with E-state index in [-0.39, 0.29) is 0 Å². The maximum atomic E-state index is 11.2. The molecule has 0 bridgehead atoms. The van der Waals surface area contributed by atoms with Gasteiger partial charge in [-0.2, -0.15) is 0 Å². The SMILES string of the molecule is CON(c1cc[c]cc1)S(C)(=O)=O. The minimum Gasteiger partial charge on any atom is -0.262 e. The molecular weight excluding hydrogens is 190 g/mol. The van der Waals surface area contributed by atoms with Crippen molar-refractivity contribution in [2.24, 2.45) is 0 Å². The zero-order valence-electron chi connectivity index (χ0n) is 7.39.